The van der Waals surface area contributed by atoms with E-state index in [4.69, 9.17) is 0 Å². The number of rotatable bonds is 6. The van der Waals surface area contributed by atoms with Crippen LogP contribution in [0, 0.1) is 6.92 Å². The van der Waals surface area contributed by atoms with Crippen molar-refractivity contribution >= 4 is 17.7 Å². The van der Waals surface area contributed by atoms with Gasteiger partial charge in [0, 0.05) is 14.2 Å². The van der Waals surface area contributed by atoms with E-state index >= 15 is 0 Å². The summed E-state index contributed by atoms with van der Waals surface area (Å²) in [6.45, 7) is 1.83. The molecule has 18 heavy (non-hydrogen) atoms. The van der Waals surface area contributed by atoms with Gasteiger partial charge in [0.1, 0.15) is 0 Å². The minimum absolute atomic E-state index is 0.00754. The van der Waals surface area contributed by atoms with E-state index in [1.165, 1.54) is 12.1 Å². The Morgan fingerprint density at radius 3 is 2.06 bits per heavy atom. The summed E-state index contributed by atoms with van der Waals surface area (Å²) >= 11 is 0. The maximum absolute atomic E-state index is 11.8. The summed E-state index contributed by atoms with van der Waals surface area (Å²) in [6.07, 6.45) is -0.657. The van der Waals surface area contributed by atoms with Crippen LogP contribution in [0.5, 0.6) is 0 Å². The topological polar surface area (TPSA) is 78.9 Å². The van der Waals surface area contributed by atoms with Gasteiger partial charge in [-0.05, 0) is 19.1 Å². The predicted molar refractivity (Wildman–Crippen MR) is 65.9 cm³/mol. The van der Waals surface area contributed by atoms with E-state index in [1.807, 2.05) is 6.92 Å². The molecule has 8 heteroatoms. The Morgan fingerprint density at radius 1 is 1.11 bits per heavy atom. The van der Waals surface area contributed by atoms with E-state index in [0.717, 1.165) is 19.8 Å². The Balaban J connectivity index is 2.83. The largest absolute Gasteiger partial charge is 0.357 e. The summed E-state index contributed by atoms with van der Waals surface area (Å²) in [6, 6.07) is 6.11. The molecule has 0 saturated heterocycles. The van der Waals surface area contributed by atoms with Gasteiger partial charge >= 0.3 is 7.60 Å². The smallest absolute Gasteiger partial charge is 0.310 e. The zero-order chi connectivity index (χ0) is 13.8. The van der Waals surface area contributed by atoms with E-state index in [0.29, 0.717) is 0 Å². The minimum Gasteiger partial charge on any atom is -0.310 e. The third-order valence-corrected chi connectivity index (χ3v) is 5.24. The molecule has 0 fully saturated rings. The van der Waals surface area contributed by atoms with Crippen LogP contribution in [0.4, 0.5) is 0 Å². The lowest BCUT2D eigenvalue weighted by Gasteiger charge is -2.13. The second kappa shape index (κ2) is 5.95. The fraction of sp³-hybridized carbons (Fsp3) is 0.400. The van der Waals surface area contributed by atoms with Gasteiger partial charge in [-0.25, -0.2) is 0 Å². The Morgan fingerprint density at radius 2 is 1.61 bits per heavy atom. The van der Waals surface area contributed by atoms with Gasteiger partial charge in [0.15, 0.2) is 6.35 Å². The first-order chi connectivity index (χ1) is 8.33. The molecule has 1 aromatic carbocycles. The number of hydrogen-bond acceptors (Lipinski definition) is 6. The molecule has 0 atom stereocenters. The Kier molecular flexibility index (Phi) is 5.07. The van der Waals surface area contributed by atoms with Gasteiger partial charge in [-0.1, -0.05) is 17.7 Å². The van der Waals surface area contributed by atoms with Gasteiger partial charge < -0.3 is 9.05 Å². The lowest BCUT2D eigenvalue weighted by Crippen LogP contribution is -2.09. The standard InChI is InChI=1S/C10H15O6PS/c1-9-4-6-10(7-5-9)18(12,13)16-8-17(11,14-2)15-3/h4-7H,8H2,1-3H3. The SMILES string of the molecule is COP(=O)(COS(=O)(=O)c1ccc(C)cc1)OC. The molecule has 0 spiro atoms. The van der Waals surface area contributed by atoms with E-state index in [2.05, 4.69) is 13.2 Å². The summed E-state index contributed by atoms with van der Waals surface area (Å²) in [5.41, 5.74) is 0.924. The number of hydrogen-bond donors (Lipinski definition) is 0. The molecule has 0 radical (unpaired) electrons. The molecule has 0 saturated carbocycles. The van der Waals surface area contributed by atoms with Crippen LogP contribution in [0.1, 0.15) is 5.56 Å². The van der Waals surface area contributed by atoms with Crippen molar-refractivity contribution < 1.29 is 26.2 Å². The van der Waals surface area contributed by atoms with Gasteiger partial charge in [-0.15, -0.1) is 0 Å². The maximum Gasteiger partial charge on any atom is 0.357 e. The number of benzene rings is 1. The highest BCUT2D eigenvalue weighted by Gasteiger charge is 2.26. The summed E-state index contributed by atoms with van der Waals surface area (Å²) in [7, 11) is -5.15. The van der Waals surface area contributed by atoms with Crippen molar-refractivity contribution in [1.29, 1.82) is 0 Å². The first kappa shape index (κ1) is 15.3. The molecule has 6 nitrogen and oxygen atoms in total. The monoisotopic (exact) mass is 294 g/mol. The minimum atomic E-state index is -3.96. The molecule has 0 aromatic heterocycles. The molecule has 0 amide bonds. The third kappa shape index (κ3) is 3.90. The highest BCUT2D eigenvalue weighted by molar-refractivity contribution is 7.87. The van der Waals surface area contributed by atoms with Gasteiger partial charge in [-0.2, -0.15) is 8.42 Å². The highest BCUT2D eigenvalue weighted by atomic mass is 32.2. The molecule has 0 heterocycles. The average molecular weight is 294 g/mol. The summed E-state index contributed by atoms with van der Waals surface area (Å²) in [5.74, 6) is 0. The van der Waals surface area contributed by atoms with E-state index in [-0.39, 0.29) is 4.90 Å². The van der Waals surface area contributed by atoms with Gasteiger partial charge in [0.2, 0.25) is 0 Å². The molecule has 0 bridgehead atoms. The fourth-order valence-electron chi connectivity index (χ4n) is 1.09. The lowest BCUT2D eigenvalue weighted by atomic mass is 10.2. The first-order valence-electron chi connectivity index (χ1n) is 4.99. The first-order valence-corrected chi connectivity index (χ1v) is 8.13. The van der Waals surface area contributed by atoms with Crippen LogP contribution in [0.15, 0.2) is 29.2 Å². The third-order valence-electron chi connectivity index (χ3n) is 2.23. The molecule has 0 N–H and O–H groups in total. The fourth-order valence-corrected chi connectivity index (χ4v) is 3.12. The van der Waals surface area contributed by atoms with Crippen LogP contribution in [-0.4, -0.2) is 29.0 Å². The second-order valence-corrected chi connectivity index (χ2v) is 7.32. The van der Waals surface area contributed by atoms with Crippen molar-refractivity contribution in [3.05, 3.63) is 29.8 Å². The summed E-state index contributed by atoms with van der Waals surface area (Å²) < 4.78 is 49.0. The Hall–Kier alpha value is -0.720. The molecule has 1 aromatic rings. The zero-order valence-corrected chi connectivity index (χ0v) is 12.0. The van der Waals surface area contributed by atoms with Crippen LogP contribution >= 0.6 is 7.60 Å². The molecular formula is C10H15O6PS. The Bertz CT molecular complexity index is 528. The van der Waals surface area contributed by atoms with Crippen LogP contribution in [0.3, 0.4) is 0 Å². The van der Waals surface area contributed by atoms with Crippen LogP contribution in [0.25, 0.3) is 0 Å². The predicted octanol–water partition coefficient (Wildman–Crippen LogP) is 2.14. The zero-order valence-electron chi connectivity index (χ0n) is 10.3. The molecular weight excluding hydrogens is 279 g/mol. The van der Waals surface area contributed by atoms with Crippen molar-refractivity contribution in [1.82, 2.24) is 0 Å². The molecule has 0 aliphatic heterocycles. The summed E-state index contributed by atoms with van der Waals surface area (Å²) in [5, 5.41) is 0. The van der Waals surface area contributed by atoms with E-state index in [1.54, 1.807) is 12.1 Å². The molecule has 0 aliphatic carbocycles. The van der Waals surface area contributed by atoms with Crippen molar-refractivity contribution in [2.45, 2.75) is 11.8 Å². The molecule has 0 aliphatic rings. The summed E-state index contributed by atoms with van der Waals surface area (Å²) in [4.78, 5) is -0.00754. The average Bonchev–Trinajstić information content (AvgIpc) is 2.37. The maximum atomic E-state index is 11.8. The van der Waals surface area contributed by atoms with Gasteiger partial charge in [-0.3, -0.25) is 8.75 Å². The van der Waals surface area contributed by atoms with E-state index < -0.39 is 24.1 Å². The van der Waals surface area contributed by atoms with Crippen molar-refractivity contribution in [2.75, 3.05) is 20.6 Å². The van der Waals surface area contributed by atoms with Crippen molar-refractivity contribution in [2.24, 2.45) is 0 Å². The van der Waals surface area contributed by atoms with Crippen LogP contribution < -0.4 is 0 Å². The normalized spacial score (nSPS) is 12.6. The van der Waals surface area contributed by atoms with Gasteiger partial charge in [0.25, 0.3) is 10.1 Å². The molecule has 102 valence electrons. The second-order valence-electron chi connectivity index (χ2n) is 3.49. The van der Waals surface area contributed by atoms with Crippen molar-refractivity contribution in [3.63, 3.8) is 0 Å². The number of aryl methyl sites for hydroxylation is 1. The quantitative estimate of drug-likeness (QED) is 0.591. The van der Waals surface area contributed by atoms with Gasteiger partial charge in [0.05, 0.1) is 4.90 Å². The molecule has 1 rings (SSSR count). The van der Waals surface area contributed by atoms with E-state index in [9.17, 15) is 13.0 Å². The lowest BCUT2D eigenvalue weighted by molar-refractivity contribution is 0.242. The van der Waals surface area contributed by atoms with Crippen LogP contribution in [0.2, 0.25) is 0 Å². The highest BCUT2D eigenvalue weighted by Crippen LogP contribution is 2.46. The van der Waals surface area contributed by atoms with Crippen molar-refractivity contribution in [3.8, 4) is 0 Å². The molecule has 0 unspecified atom stereocenters. The Labute approximate surface area is 107 Å². The van der Waals surface area contributed by atoms with Crippen LogP contribution in [-0.2, 0) is 27.9 Å².